The second-order valence-electron chi connectivity index (χ2n) is 13.9. The summed E-state index contributed by atoms with van der Waals surface area (Å²) >= 11 is 1.64. The highest BCUT2D eigenvalue weighted by molar-refractivity contribution is 7.18. The molecule has 2 aliphatic rings. The molecule has 2 fully saturated rings. The van der Waals surface area contributed by atoms with Gasteiger partial charge in [0.2, 0.25) is 11.8 Å². The second kappa shape index (κ2) is 22.5. The van der Waals surface area contributed by atoms with Crippen LogP contribution in [0.15, 0.2) is 85.2 Å². The summed E-state index contributed by atoms with van der Waals surface area (Å²) in [5.41, 5.74) is 7.39. The van der Waals surface area contributed by atoms with Crippen molar-refractivity contribution in [1.82, 2.24) is 45.4 Å². The van der Waals surface area contributed by atoms with Crippen LogP contribution in [0.5, 0.6) is 5.75 Å². The first-order valence-corrected chi connectivity index (χ1v) is 20.7. The van der Waals surface area contributed by atoms with Crippen molar-refractivity contribution in [3.63, 3.8) is 0 Å². The number of amides is 4. The summed E-state index contributed by atoms with van der Waals surface area (Å²) in [6, 6.07) is 14.2. The quantitative estimate of drug-likeness (QED) is 0.0897. The van der Waals surface area contributed by atoms with E-state index < -0.39 is 18.2 Å². The largest absolute Gasteiger partial charge is 0.507 e. The van der Waals surface area contributed by atoms with Crippen molar-refractivity contribution < 1.29 is 33.8 Å². The van der Waals surface area contributed by atoms with Gasteiger partial charge in [-0.1, -0.05) is 56.7 Å². The van der Waals surface area contributed by atoms with Gasteiger partial charge in [0.1, 0.15) is 18.3 Å². The molecule has 0 bridgehead atoms. The van der Waals surface area contributed by atoms with Crippen molar-refractivity contribution >= 4 is 45.6 Å². The zero-order valence-corrected chi connectivity index (χ0v) is 35.1. The zero-order chi connectivity index (χ0) is 42.9. The number of ether oxygens (including phenoxy) is 2. The van der Waals surface area contributed by atoms with Crippen molar-refractivity contribution in [3.8, 4) is 39.4 Å². The monoisotopic (exact) mass is 839 g/mol. The van der Waals surface area contributed by atoms with Crippen LogP contribution in [-0.4, -0.2) is 111 Å². The normalized spacial score (nSPS) is 13.5. The van der Waals surface area contributed by atoms with Gasteiger partial charge in [-0.05, 0) is 43.4 Å². The number of likely N-dealkylation sites (tertiary alicyclic amines) is 2. The molecule has 4 aromatic heterocycles. The molecule has 318 valence electrons. The van der Waals surface area contributed by atoms with E-state index in [1.807, 2.05) is 48.7 Å². The molecule has 0 spiro atoms. The SMILES string of the molecule is CCC.COC(=O)NC(C(=O)N1CCCC1)c1ccccc1.COC(=O)NCC(=O)N1CCCC1.Oc1cc(-c2cnc[nH]2)ccc1-c1csc2c(-c3cnc[nH]3)c[nH]c12. The van der Waals surface area contributed by atoms with E-state index in [0.717, 1.165) is 101 Å². The molecule has 0 saturated carbocycles. The number of thiophene rings is 1. The fourth-order valence-electron chi connectivity index (χ4n) is 6.58. The van der Waals surface area contributed by atoms with Crippen LogP contribution in [-0.2, 0) is 19.1 Å². The lowest BCUT2D eigenvalue weighted by molar-refractivity contribution is -0.132. The van der Waals surface area contributed by atoms with Gasteiger partial charge in [0.25, 0.3) is 0 Å². The van der Waals surface area contributed by atoms with Crippen molar-refractivity contribution in [3.05, 3.63) is 90.7 Å². The van der Waals surface area contributed by atoms with Gasteiger partial charge in [0, 0.05) is 60.0 Å². The van der Waals surface area contributed by atoms with Crippen LogP contribution in [0.1, 0.15) is 57.6 Å². The second-order valence-corrected chi connectivity index (χ2v) is 14.8. The summed E-state index contributed by atoms with van der Waals surface area (Å²) in [6.07, 6.45) is 13.0. The molecule has 6 heterocycles. The van der Waals surface area contributed by atoms with Gasteiger partial charge in [0.15, 0.2) is 0 Å². The molecule has 16 nitrogen and oxygen atoms in total. The molecule has 8 rings (SSSR count). The fraction of sp³-hybridized carbons (Fsp3) is 0.349. The first-order valence-electron chi connectivity index (χ1n) is 19.9. The average molecular weight is 840 g/mol. The number of hydrogen-bond acceptors (Lipinski definition) is 10. The molecule has 6 aromatic rings. The van der Waals surface area contributed by atoms with E-state index in [1.165, 1.54) is 20.6 Å². The maximum atomic E-state index is 12.5. The third kappa shape index (κ3) is 11.7. The van der Waals surface area contributed by atoms with E-state index in [9.17, 15) is 24.3 Å². The highest BCUT2D eigenvalue weighted by Crippen LogP contribution is 2.42. The predicted octanol–water partition coefficient (Wildman–Crippen LogP) is 7.47. The van der Waals surface area contributed by atoms with Crippen molar-refractivity contribution in [1.29, 1.82) is 0 Å². The van der Waals surface area contributed by atoms with Gasteiger partial charge >= 0.3 is 12.2 Å². The van der Waals surface area contributed by atoms with E-state index in [0.29, 0.717) is 0 Å². The molecule has 0 aliphatic carbocycles. The Morgan fingerprint density at radius 3 is 2.00 bits per heavy atom. The maximum absolute atomic E-state index is 12.5. The van der Waals surface area contributed by atoms with Crippen LogP contribution in [0.2, 0.25) is 0 Å². The van der Waals surface area contributed by atoms with Gasteiger partial charge < -0.3 is 50.0 Å². The summed E-state index contributed by atoms with van der Waals surface area (Å²) in [5, 5.41) is 17.6. The Kier molecular flexibility index (Phi) is 16.7. The Bertz CT molecular complexity index is 2240. The number of rotatable bonds is 8. The minimum absolute atomic E-state index is 0.0344. The van der Waals surface area contributed by atoms with Crippen LogP contribution in [0.4, 0.5) is 9.59 Å². The first-order chi connectivity index (χ1) is 29.2. The third-order valence-electron chi connectivity index (χ3n) is 9.56. The summed E-state index contributed by atoms with van der Waals surface area (Å²) in [5.74, 6) is 0.126. The Morgan fingerprint density at radius 1 is 0.800 bits per heavy atom. The lowest BCUT2D eigenvalue weighted by Gasteiger charge is -2.23. The average Bonchev–Trinajstić information content (AvgIpc) is 4.13. The molecule has 6 N–H and O–H groups in total. The molecule has 1 atom stereocenters. The van der Waals surface area contributed by atoms with Crippen LogP contribution >= 0.6 is 11.3 Å². The molecule has 0 radical (unpaired) electrons. The van der Waals surface area contributed by atoms with E-state index in [2.05, 4.69) is 64.3 Å². The molecule has 2 saturated heterocycles. The topological polar surface area (TPSA) is 211 Å². The van der Waals surface area contributed by atoms with Crippen LogP contribution in [0.3, 0.4) is 0 Å². The van der Waals surface area contributed by atoms with Crippen molar-refractivity contribution in [2.45, 2.75) is 52.0 Å². The Balaban J connectivity index is 0.000000174. The lowest BCUT2D eigenvalue weighted by Crippen LogP contribution is -2.41. The molecule has 2 aromatic carbocycles. The molecular weight excluding hydrogens is 787 g/mol. The minimum atomic E-state index is -0.674. The van der Waals surface area contributed by atoms with Gasteiger partial charge in [0.05, 0.1) is 60.9 Å². The number of nitrogens with zero attached hydrogens (tertiary/aromatic N) is 4. The number of methoxy groups -OCH3 is 2. The molecule has 17 heteroatoms. The smallest absolute Gasteiger partial charge is 0.407 e. The number of carbonyl (C=O) groups excluding carboxylic acids is 4. The molecule has 2 aliphatic heterocycles. The highest BCUT2D eigenvalue weighted by Gasteiger charge is 2.29. The maximum Gasteiger partial charge on any atom is 0.407 e. The Morgan fingerprint density at radius 2 is 1.42 bits per heavy atom. The number of benzene rings is 2. The number of nitrogens with one attached hydrogen (secondary N) is 5. The number of fused-ring (bicyclic) bond motifs is 1. The van der Waals surface area contributed by atoms with Gasteiger partial charge in [-0.25, -0.2) is 19.6 Å². The Labute approximate surface area is 352 Å². The van der Waals surface area contributed by atoms with Crippen molar-refractivity contribution in [2.24, 2.45) is 0 Å². The van der Waals surface area contributed by atoms with Gasteiger partial charge in [-0.15, -0.1) is 11.3 Å². The van der Waals surface area contributed by atoms with E-state index in [4.69, 9.17) is 0 Å². The number of aromatic hydroxyl groups is 1. The zero-order valence-electron chi connectivity index (χ0n) is 34.3. The minimum Gasteiger partial charge on any atom is -0.507 e. The number of carbonyl (C=O) groups is 4. The first kappa shape index (κ1) is 44.5. The predicted molar refractivity (Wildman–Crippen MR) is 231 cm³/mol. The lowest BCUT2D eigenvalue weighted by atomic mass is 10.0. The molecule has 4 amide bonds. The molecule has 1 unspecified atom stereocenters. The fourth-order valence-corrected chi connectivity index (χ4v) is 7.64. The number of hydrogen-bond donors (Lipinski definition) is 6. The number of imidazole rings is 2. The molecular formula is C43H53N9O7S. The highest BCUT2D eigenvalue weighted by atomic mass is 32.1. The van der Waals surface area contributed by atoms with Crippen LogP contribution in [0.25, 0.3) is 43.9 Å². The van der Waals surface area contributed by atoms with Gasteiger partial charge in [-0.3, -0.25) is 9.59 Å². The number of phenols is 1. The van der Waals surface area contributed by atoms with Crippen LogP contribution < -0.4 is 10.6 Å². The number of aromatic nitrogens is 5. The Hall–Kier alpha value is -6.62. The van der Waals surface area contributed by atoms with E-state index in [-0.39, 0.29) is 24.1 Å². The summed E-state index contributed by atoms with van der Waals surface area (Å²) < 4.78 is 10.1. The van der Waals surface area contributed by atoms with E-state index in [1.54, 1.807) is 52.3 Å². The standard InChI is InChI=1S/C18H13N5OS.C14H18N2O3.C8H14N2O3.C3H8/c24-16-3-10(14-5-19-8-22-14)1-2-11(16)13-7-25-18-12(4-21-17(13)18)15-6-20-9-23-15;1-19-14(18)15-12(11-7-3-2-4-8-11)13(17)16-9-5-6-10-16;1-13-8(12)9-6-7(11)10-4-2-3-5-10;1-3-2/h1-9,21,24H,(H,19,22)(H,20,23);2-4,7-8,12H,5-6,9-10H2,1H3,(H,15,18);2-6H2,1H3,(H,9,12);3H2,1-2H3. The summed E-state index contributed by atoms with van der Waals surface area (Å²) in [4.78, 5) is 67.0. The van der Waals surface area contributed by atoms with Crippen LogP contribution in [0, 0.1) is 0 Å². The number of phenolic OH excluding ortho intramolecular Hbond substituents is 1. The van der Waals surface area contributed by atoms with E-state index >= 15 is 0 Å². The summed E-state index contributed by atoms with van der Waals surface area (Å²) in [6.45, 7) is 7.41. The third-order valence-corrected chi connectivity index (χ3v) is 10.6. The van der Waals surface area contributed by atoms with Crippen molar-refractivity contribution in [2.75, 3.05) is 46.9 Å². The molecule has 60 heavy (non-hydrogen) atoms. The number of alkyl carbamates (subject to hydrolysis) is 2. The van der Waals surface area contributed by atoms with Gasteiger partial charge in [-0.2, -0.15) is 0 Å². The number of aromatic amines is 3. The summed E-state index contributed by atoms with van der Waals surface area (Å²) in [7, 11) is 2.56. The number of H-pyrrole nitrogens is 3.